The molecule has 0 aliphatic carbocycles. The second-order valence-electron chi connectivity index (χ2n) is 4.65. The van der Waals surface area contributed by atoms with Crippen LogP contribution in [0, 0.1) is 0 Å². The van der Waals surface area contributed by atoms with Gasteiger partial charge in [0.05, 0.1) is 20.3 Å². The minimum Gasteiger partial charge on any atom is -0.497 e. The Kier molecular flexibility index (Phi) is 6.27. The number of nitrogens with one attached hydrogen (secondary N) is 1. The number of ether oxygens (including phenoxy) is 2. The molecule has 1 aromatic rings. The summed E-state index contributed by atoms with van der Waals surface area (Å²) >= 11 is 0. The summed E-state index contributed by atoms with van der Waals surface area (Å²) in [5.74, 6) is 0.981. The molecule has 0 aromatic heterocycles. The predicted molar refractivity (Wildman–Crippen MR) is 75.8 cm³/mol. The van der Waals surface area contributed by atoms with Gasteiger partial charge >= 0.3 is 0 Å². The fourth-order valence-electron chi connectivity index (χ4n) is 1.71. The monoisotopic (exact) mass is 282 g/mol. The van der Waals surface area contributed by atoms with Gasteiger partial charge in [-0.3, -0.25) is 4.79 Å². The summed E-state index contributed by atoms with van der Waals surface area (Å²) < 4.78 is 10.3. The molecular formula is C14H22N2O4. The lowest BCUT2D eigenvalue weighted by molar-refractivity contribution is -0.121. The molecule has 0 bridgehead atoms. The van der Waals surface area contributed by atoms with Gasteiger partial charge in [-0.15, -0.1) is 0 Å². The zero-order valence-electron chi connectivity index (χ0n) is 12.1. The van der Waals surface area contributed by atoms with Crippen molar-refractivity contribution >= 4 is 5.91 Å². The van der Waals surface area contributed by atoms with Gasteiger partial charge in [-0.05, 0) is 24.6 Å². The van der Waals surface area contributed by atoms with Crippen LogP contribution in [0.1, 0.15) is 25.0 Å². The van der Waals surface area contributed by atoms with Gasteiger partial charge < -0.3 is 25.6 Å². The van der Waals surface area contributed by atoms with E-state index in [0.717, 1.165) is 0 Å². The van der Waals surface area contributed by atoms with Crippen molar-refractivity contribution in [1.82, 2.24) is 5.32 Å². The number of hydrogen-bond donors (Lipinski definition) is 3. The molecule has 112 valence electrons. The zero-order chi connectivity index (χ0) is 15.1. The first-order valence-corrected chi connectivity index (χ1v) is 6.39. The number of methoxy groups -OCH3 is 2. The Bertz CT molecular complexity index is 427. The van der Waals surface area contributed by atoms with Crippen molar-refractivity contribution in [3.8, 4) is 11.5 Å². The largest absolute Gasteiger partial charge is 0.497 e. The van der Waals surface area contributed by atoms with Crippen molar-refractivity contribution in [3.63, 3.8) is 0 Å². The van der Waals surface area contributed by atoms with Crippen LogP contribution >= 0.6 is 0 Å². The molecule has 1 amide bonds. The maximum Gasteiger partial charge on any atom is 0.221 e. The fourth-order valence-corrected chi connectivity index (χ4v) is 1.71. The maximum atomic E-state index is 11.5. The first-order chi connectivity index (χ1) is 9.46. The Morgan fingerprint density at radius 2 is 1.85 bits per heavy atom. The molecule has 6 nitrogen and oxygen atoms in total. The summed E-state index contributed by atoms with van der Waals surface area (Å²) in [6, 6.07) is 4.91. The van der Waals surface area contributed by atoms with Gasteiger partial charge in [0.1, 0.15) is 11.5 Å². The van der Waals surface area contributed by atoms with Gasteiger partial charge in [0.25, 0.3) is 0 Å². The van der Waals surface area contributed by atoms with Gasteiger partial charge in [-0.25, -0.2) is 0 Å². The summed E-state index contributed by atoms with van der Waals surface area (Å²) in [6.45, 7) is 1.87. The van der Waals surface area contributed by atoms with Crippen molar-refractivity contribution in [2.45, 2.75) is 25.5 Å². The van der Waals surface area contributed by atoms with Crippen LogP contribution in [0.5, 0.6) is 11.5 Å². The zero-order valence-corrected chi connectivity index (χ0v) is 12.1. The topological polar surface area (TPSA) is 93.8 Å². The van der Waals surface area contributed by atoms with E-state index in [2.05, 4.69) is 5.32 Å². The summed E-state index contributed by atoms with van der Waals surface area (Å²) in [4.78, 5) is 11.5. The van der Waals surface area contributed by atoms with Crippen LogP contribution in [-0.4, -0.2) is 37.8 Å². The Morgan fingerprint density at radius 1 is 1.30 bits per heavy atom. The van der Waals surface area contributed by atoms with E-state index < -0.39 is 6.10 Å². The fraction of sp³-hybridized carbons (Fsp3) is 0.500. The highest BCUT2D eigenvalue weighted by atomic mass is 16.5. The van der Waals surface area contributed by atoms with Crippen molar-refractivity contribution in [1.29, 1.82) is 0 Å². The molecule has 0 saturated heterocycles. The second kappa shape index (κ2) is 7.72. The highest BCUT2D eigenvalue weighted by Crippen LogP contribution is 2.26. The number of amides is 1. The number of benzene rings is 1. The highest BCUT2D eigenvalue weighted by Gasteiger charge is 2.13. The molecule has 1 rings (SSSR count). The van der Waals surface area contributed by atoms with Gasteiger partial charge in [-0.2, -0.15) is 0 Å². The quantitative estimate of drug-likeness (QED) is 0.680. The van der Waals surface area contributed by atoms with E-state index in [0.29, 0.717) is 17.1 Å². The lowest BCUT2D eigenvalue weighted by Crippen LogP contribution is -2.32. The molecule has 0 fully saturated rings. The van der Waals surface area contributed by atoms with Crippen LogP contribution in [0.15, 0.2) is 18.2 Å². The molecule has 20 heavy (non-hydrogen) atoms. The van der Waals surface area contributed by atoms with Crippen molar-refractivity contribution in [2.24, 2.45) is 5.73 Å². The first kappa shape index (κ1) is 16.3. The third kappa shape index (κ3) is 5.07. The minimum atomic E-state index is -0.837. The Hall–Kier alpha value is -1.79. The van der Waals surface area contributed by atoms with Crippen molar-refractivity contribution < 1.29 is 19.4 Å². The Balaban J connectivity index is 2.67. The number of carbonyl (C=O) groups is 1. The summed E-state index contributed by atoms with van der Waals surface area (Å²) in [5.41, 5.74) is 6.14. The SMILES string of the molecule is COc1cc(OC)cc(C(O)CNC(=O)CC(C)N)c1. The minimum absolute atomic E-state index is 0.113. The van der Waals surface area contributed by atoms with E-state index in [4.69, 9.17) is 15.2 Å². The molecule has 6 heteroatoms. The smallest absolute Gasteiger partial charge is 0.221 e. The third-order valence-corrected chi connectivity index (χ3v) is 2.76. The van der Waals surface area contributed by atoms with E-state index in [-0.39, 0.29) is 24.9 Å². The van der Waals surface area contributed by atoms with E-state index in [1.165, 1.54) is 14.2 Å². The highest BCUT2D eigenvalue weighted by molar-refractivity contribution is 5.76. The average Bonchev–Trinajstić information content (AvgIpc) is 2.43. The van der Waals surface area contributed by atoms with Gasteiger partial charge in [0.2, 0.25) is 5.91 Å². The molecule has 0 spiro atoms. The van der Waals surface area contributed by atoms with Crippen LogP contribution in [0.4, 0.5) is 0 Å². The van der Waals surface area contributed by atoms with E-state index in [9.17, 15) is 9.90 Å². The Morgan fingerprint density at radius 3 is 2.30 bits per heavy atom. The normalized spacial score (nSPS) is 13.4. The van der Waals surface area contributed by atoms with Crippen LogP contribution in [0.2, 0.25) is 0 Å². The van der Waals surface area contributed by atoms with Crippen molar-refractivity contribution in [3.05, 3.63) is 23.8 Å². The summed E-state index contributed by atoms with van der Waals surface area (Å²) in [6.07, 6.45) is -0.607. The predicted octanol–water partition coefficient (Wildman–Crippen LogP) is 0.591. The number of hydrogen-bond acceptors (Lipinski definition) is 5. The number of aliphatic hydroxyl groups excluding tert-OH is 1. The molecule has 2 atom stereocenters. The number of rotatable bonds is 7. The van der Waals surface area contributed by atoms with Crippen LogP contribution in [0.25, 0.3) is 0 Å². The van der Waals surface area contributed by atoms with E-state index in [1.807, 2.05) is 0 Å². The standard InChI is InChI=1S/C14H22N2O4/c1-9(15)4-14(18)16-8-13(17)10-5-11(19-2)7-12(6-10)20-3/h5-7,9,13,17H,4,8,15H2,1-3H3,(H,16,18). The van der Waals surface area contributed by atoms with Crippen LogP contribution in [-0.2, 0) is 4.79 Å². The summed E-state index contributed by atoms with van der Waals surface area (Å²) in [5, 5.41) is 12.7. The average molecular weight is 282 g/mol. The third-order valence-electron chi connectivity index (χ3n) is 2.76. The molecule has 4 N–H and O–H groups in total. The second-order valence-corrected chi connectivity index (χ2v) is 4.65. The van der Waals surface area contributed by atoms with Gasteiger partial charge in [-0.1, -0.05) is 0 Å². The van der Waals surface area contributed by atoms with E-state index in [1.54, 1.807) is 25.1 Å². The molecule has 0 radical (unpaired) electrons. The molecule has 0 aliphatic rings. The lowest BCUT2D eigenvalue weighted by Gasteiger charge is -2.15. The molecule has 2 unspecified atom stereocenters. The van der Waals surface area contributed by atoms with Gasteiger partial charge in [0, 0.05) is 25.1 Å². The van der Waals surface area contributed by atoms with Gasteiger partial charge in [0.15, 0.2) is 0 Å². The molecule has 0 aliphatic heterocycles. The van der Waals surface area contributed by atoms with Crippen LogP contribution < -0.4 is 20.5 Å². The van der Waals surface area contributed by atoms with E-state index >= 15 is 0 Å². The lowest BCUT2D eigenvalue weighted by atomic mass is 10.1. The number of carbonyl (C=O) groups excluding carboxylic acids is 1. The maximum absolute atomic E-state index is 11.5. The summed E-state index contributed by atoms with van der Waals surface area (Å²) in [7, 11) is 3.07. The first-order valence-electron chi connectivity index (χ1n) is 6.39. The molecule has 1 aromatic carbocycles. The molecule has 0 heterocycles. The number of aliphatic hydroxyl groups is 1. The Labute approximate surface area is 118 Å². The molecule has 0 saturated carbocycles. The van der Waals surface area contributed by atoms with Crippen LogP contribution in [0.3, 0.4) is 0 Å². The molecular weight excluding hydrogens is 260 g/mol. The van der Waals surface area contributed by atoms with Crippen molar-refractivity contribution in [2.75, 3.05) is 20.8 Å². The number of nitrogens with two attached hydrogens (primary N) is 1.